The Kier molecular flexibility index (Phi) is 3.98. The van der Waals surface area contributed by atoms with Crippen LogP contribution in [0.2, 0.25) is 0 Å². The number of carboxylic acid groups (broad SMARTS) is 1. The van der Waals surface area contributed by atoms with Crippen LogP contribution in [-0.2, 0) is 13.0 Å². The third-order valence-electron chi connectivity index (χ3n) is 2.46. The van der Waals surface area contributed by atoms with Crippen LogP contribution in [0.25, 0.3) is 0 Å². The Labute approximate surface area is 116 Å². The molecule has 0 aliphatic rings. The fourth-order valence-electron chi connectivity index (χ4n) is 1.55. The van der Waals surface area contributed by atoms with Gasteiger partial charge in [0.25, 0.3) is 5.56 Å². The van der Waals surface area contributed by atoms with Crippen molar-refractivity contribution in [3.05, 3.63) is 55.0 Å². The highest BCUT2D eigenvalue weighted by atomic mass is 79.9. The monoisotopic (exact) mass is 327 g/mol. The number of rotatable bonds is 4. The summed E-state index contributed by atoms with van der Waals surface area (Å²) in [6.45, 7) is 0.479. The summed E-state index contributed by atoms with van der Waals surface area (Å²) in [5.41, 5.74) is -0.0578. The summed E-state index contributed by atoms with van der Waals surface area (Å²) in [7, 11) is 0. The molecule has 0 saturated heterocycles. The van der Waals surface area contributed by atoms with E-state index in [1.807, 2.05) is 12.1 Å². The number of aromatic carboxylic acids is 1. The summed E-state index contributed by atoms with van der Waals surface area (Å²) in [4.78, 5) is 23.6. The Bertz CT molecular complexity index is 632. The highest BCUT2D eigenvalue weighted by Crippen LogP contribution is 2.22. The molecular weight excluding hydrogens is 318 g/mol. The molecule has 0 bridgehead atoms. The molecule has 0 aromatic carbocycles. The number of nitrogens with zero attached hydrogens (tertiary/aromatic N) is 1. The molecule has 0 atom stereocenters. The van der Waals surface area contributed by atoms with Crippen molar-refractivity contribution >= 4 is 33.2 Å². The zero-order chi connectivity index (χ0) is 13.1. The molecule has 18 heavy (non-hydrogen) atoms. The van der Waals surface area contributed by atoms with Crippen molar-refractivity contribution in [3.63, 3.8) is 0 Å². The number of aryl methyl sites for hydroxylation is 2. The number of pyridine rings is 1. The van der Waals surface area contributed by atoms with Gasteiger partial charge in [-0.3, -0.25) is 4.79 Å². The van der Waals surface area contributed by atoms with Gasteiger partial charge in [0.2, 0.25) is 0 Å². The number of carboxylic acids is 1. The summed E-state index contributed by atoms with van der Waals surface area (Å²) < 4.78 is 2.47. The minimum atomic E-state index is -1.03. The molecule has 0 aliphatic heterocycles. The molecule has 0 unspecified atom stereocenters. The lowest BCUT2D eigenvalue weighted by Gasteiger charge is -2.05. The zero-order valence-electron chi connectivity index (χ0n) is 9.30. The minimum Gasteiger partial charge on any atom is -0.478 e. The van der Waals surface area contributed by atoms with Gasteiger partial charge >= 0.3 is 5.97 Å². The number of carbonyl (C=O) groups is 1. The Morgan fingerprint density at radius 3 is 2.72 bits per heavy atom. The van der Waals surface area contributed by atoms with Crippen molar-refractivity contribution in [1.82, 2.24) is 4.57 Å². The fourth-order valence-corrected chi connectivity index (χ4v) is 3.02. The lowest BCUT2D eigenvalue weighted by atomic mass is 10.2. The predicted octanol–water partition coefficient (Wildman–Crippen LogP) is 2.61. The van der Waals surface area contributed by atoms with Gasteiger partial charge in [-0.1, -0.05) is 0 Å². The average molecular weight is 328 g/mol. The third-order valence-corrected chi connectivity index (χ3v) is 4.14. The van der Waals surface area contributed by atoms with Gasteiger partial charge in [-0.15, -0.1) is 11.3 Å². The van der Waals surface area contributed by atoms with E-state index in [0.717, 1.165) is 8.66 Å². The minimum absolute atomic E-state index is 0.127. The normalized spacial score (nSPS) is 10.5. The lowest BCUT2D eigenvalue weighted by molar-refractivity contribution is 0.0696. The SMILES string of the molecule is O=C(O)c1ccc(=O)n(CCc2ccc(Br)s2)c1. The van der Waals surface area contributed by atoms with Crippen LogP contribution in [0.15, 0.2) is 39.0 Å². The van der Waals surface area contributed by atoms with Crippen molar-refractivity contribution in [2.75, 3.05) is 0 Å². The van der Waals surface area contributed by atoms with Gasteiger partial charge in [0.1, 0.15) is 0 Å². The molecule has 0 saturated carbocycles. The van der Waals surface area contributed by atoms with E-state index < -0.39 is 5.97 Å². The Balaban J connectivity index is 2.16. The third kappa shape index (κ3) is 3.08. The Morgan fingerprint density at radius 1 is 1.33 bits per heavy atom. The largest absolute Gasteiger partial charge is 0.478 e. The molecule has 2 heterocycles. The summed E-state index contributed by atoms with van der Waals surface area (Å²) in [6, 6.07) is 6.55. The summed E-state index contributed by atoms with van der Waals surface area (Å²) in [5, 5.41) is 8.87. The van der Waals surface area contributed by atoms with Crippen molar-refractivity contribution in [1.29, 1.82) is 0 Å². The lowest BCUT2D eigenvalue weighted by Crippen LogP contribution is -2.21. The number of aromatic nitrogens is 1. The maximum Gasteiger partial charge on any atom is 0.337 e. The van der Waals surface area contributed by atoms with E-state index in [1.54, 1.807) is 11.3 Å². The molecule has 4 nitrogen and oxygen atoms in total. The van der Waals surface area contributed by atoms with E-state index in [2.05, 4.69) is 15.9 Å². The highest BCUT2D eigenvalue weighted by molar-refractivity contribution is 9.11. The zero-order valence-corrected chi connectivity index (χ0v) is 11.7. The molecular formula is C12H10BrNO3S. The molecule has 2 aromatic rings. The summed E-state index contributed by atoms with van der Waals surface area (Å²) in [6.07, 6.45) is 2.09. The molecule has 2 aromatic heterocycles. The van der Waals surface area contributed by atoms with Crippen LogP contribution in [-0.4, -0.2) is 15.6 Å². The van der Waals surface area contributed by atoms with Gasteiger partial charge in [0.05, 0.1) is 9.35 Å². The average Bonchev–Trinajstić information content (AvgIpc) is 2.74. The van der Waals surface area contributed by atoms with E-state index in [9.17, 15) is 9.59 Å². The van der Waals surface area contributed by atoms with Crippen LogP contribution in [0.3, 0.4) is 0 Å². The number of thiophene rings is 1. The van der Waals surface area contributed by atoms with Crippen molar-refractivity contribution in [3.8, 4) is 0 Å². The fraction of sp³-hybridized carbons (Fsp3) is 0.167. The first-order chi connectivity index (χ1) is 8.56. The first-order valence-corrected chi connectivity index (χ1v) is 6.85. The van der Waals surface area contributed by atoms with Crippen LogP contribution in [0.5, 0.6) is 0 Å². The van der Waals surface area contributed by atoms with Crippen LogP contribution in [0, 0.1) is 0 Å². The maximum atomic E-state index is 11.6. The standard InChI is InChI=1S/C12H10BrNO3S/c13-10-3-2-9(18-10)5-6-14-7-8(12(16)17)1-4-11(14)15/h1-4,7H,5-6H2,(H,16,17). The van der Waals surface area contributed by atoms with E-state index in [1.165, 1.54) is 22.9 Å². The smallest absolute Gasteiger partial charge is 0.337 e. The predicted molar refractivity (Wildman–Crippen MR) is 73.4 cm³/mol. The van der Waals surface area contributed by atoms with Crippen LogP contribution >= 0.6 is 27.3 Å². The molecule has 94 valence electrons. The Hall–Kier alpha value is -1.40. The first kappa shape index (κ1) is 13.0. The molecule has 0 amide bonds. The van der Waals surface area contributed by atoms with Gasteiger partial charge in [0.15, 0.2) is 0 Å². The molecule has 0 fully saturated rings. The second-order valence-corrected chi connectivity index (χ2v) is 6.26. The van der Waals surface area contributed by atoms with Gasteiger partial charge in [0, 0.05) is 23.7 Å². The Morgan fingerprint density at radius 2 is 2.11 bits per heavy atom. The molecule has 1 N–H and O–H groups in total. The number of halogens is 1. The van der Waals surface area contributed by atoms with E-state index in [0.29, 0.717) is 13.0 Å². The topological polar surface area (TPSA) is 59.3 Å². The van der Waals surface area contributed by atoms with Gasteiger partial charge in [-0.25, -0.2) is 4.79 Å². The molecule has 0 spiro atoms. The highest BCUT2D eigenvalue weighted by Gasteiger charge is 2.05. The molecule has 2 rings (SSSR count). The van der Waals surface area contributed by atoms with E-state index in [-0.39, 0.29) is 11.1 Å². The summed E-state index contributed by atoms with van der Waals surface area (Å²) >= 11 is 4.98. The van der Waals surface area contributed by atoms with Crippen LogP contribution in [0.4, 0.5) is 0 Å². The number of hydrogen-bond acceptors (Lipinski definition) is 3. The van der Waals surface area contributed by atoms with E-state index in [4.69, 9.17) is 5.11 Å². The van der Waals surface area contributed by atoms with Crippen LogP contribution < -0.4 is 5.56 Å². The van der Waals surface area contributed by atoms with Crippen LogP contribution in [0.1, 0.15) is 15.2 Å². The van der Waals surface area contributed by atoms with Crippen molar-refractivity contribution in [2.45, 2.75) is 13.0 Å². The van der Waals surface area contributed by atoms with Gasteiger partial charge in [-0.2, -0.15) is 0 Å². The van der Waals surface area contributed by atoms with Crippen molar-refractivity contribution < 1.29 is 9.90 Å². The first-order valence-electron chi connectivity index (χ1n) is 5.24. The second-order valence-electron chi connectivity index (χ2n) is 3.71. The number of hydrogen-bond donors (Lipinski definition) is 1. The molecule has 6 heteroatoms. The van der Waals surface area contributed by atoms with Crippen molar-refractivity contribution in [2.24, 2.45) is 0 Å². The quantitative estimate of drug-likeness (QED) is 0.939. The second kappa shape index (κ2) is 5.49. The maximum absolute atomic E-state index is 11.6. The van der Waals surface area contributed by atoms with Gasteiger partial charge < -0.3 is 9.67 Å². The molecule has 0 aliphatic carbocycles. The van der Waals surface area contributed by atoms with E-state index >= 15 is 0 Å². The van der Waals surface area contributed by atoms with Gasteiger partial charge in [-0.05, 0) is 40.5 Å². The molecule has 0 radical (unpaired) electrons. The summed E-state index contributed by atoms with van der Waals surface area (Å²) in [5.74, 6) is -1.03.